The molecule has 216 valence electrons. The van der Waals surface area contributed by atoms with Gasteiger partial charge in [-0.2, -0.15) is 0 Å². The van der Waals surface area contributed by atoms with Crippen LogP contribution in [0.5, 0.6) is 5.88 Å². The average Bonchev–Trinajstić information content (AvgIpc) is 2.85. The minimum Gasteiger partial charge on any atom is -0.470 e. The molecule has 1 atom stereocenters. The Morgan fingerprint density at radius 1 is 1.12 bits per heavy atom. The van der Waals surface area contributed by atoms with Crippen LogP contribution in [0.2, 0.25) is 0 Å². The highest BCUT2D eigenvalue weighted by Crippen LogP contribution is 2.38. The fourth-order valence-electron chi connectivity index (χ4n) is 5.28. The monoisotopic (exact) mass is 563 g/mol. The Kier molecular flexibility index (Phi) is 6.29. The molecule has 3 aromatic heterocycles. The van der Waals surface area contributed by atoms with Crippen LogP contribution in [0, 0.1) is 0 Å². The summed E-state index contributed by atoms with van der Waals surface area (Å²) >= 11 is 0. The lowest BCUT2D eigenvalue weighted by Gasteiger charge is -2.44. The van der Waals surface area contributed by atoms with Gasteiger partial charge in [0.25, 0.3) is 0 Å². The van der Waals surface area contributed by atoms with Crippen molar-refractivity contribution in [1.29, 1.82) is 0 Å². The number of pyridine rings is 3. The summed E-state index contributed by atoms with van der Waals surface area (Å²) in [6.07, 6.45) is 2.22. The maximum absolute atomic E-state index is 13.1. The Hall–Kier alpha value is -4.06. The van der Waals surface area contributed by atoms with E-state index in [4.69, 9.17) is 20.2 Å². The fraction of sp³-hybridized carbons (Fsp3) is 0.483. The van der Waals surface area contributed by atoms with Gasteiger partial charge in [0.1, 0.15) is 29.5 Å². The second kappa shape index (κ2) is 9.51. The third-order valence-electron chi connectivity index (χ3n) is 8.14. The molecule has 3 aromatic rings. The van der Waals surface area contributed by atoms with E-state index in [0.717, 1.165) is 10.9 Å². The fourth-order valence-corrected chi connectivity index (χ4v) is 5.28. The van der Waals surface area contributed by atoms with E-state index in [-0.39, 0.29) is 37.1 Å². The molecule has 0 spiro atoms. The maximum atomic E-state index is 13.1. The summed E-state index contributed by atoms with van der Waals surface area (Å²) in [7, 11) is 0. The number of nitrogens with two attached hydrogens (primary N) is 1. The van der Waals surface area contributed by atoms with Crippen molar-refractivity contribution in [3.8, 4) is 5.88 Å². The number of hydrogen-bond acceptors (Lipinski definition) is 9. The van der Waals surface area contributed by atoms with Gasteiger partial charge >= 0.3 is 12.0 Å². The van der Waals surface area contributed by atoms with Crippen molar-refractivity contribution >= 4 is 34.4 Å². The van der Waals surface area contributed by atoms with Crippen LogP contribution in [0.25, 0.3) is 10.8 Å². The van der Waals surface area contributed by atoms with Crippen molar-refractivity contribution in [3.63, 3.8) is 0 Å². The summed E-state index contributed by atoms with van der Waals surface area (Å²) < 4.78 is 24.9. The highest BCUT2D eigenvalue weighted by atomic mass is 19.1. The Balaban J connectivity index is 1.25. The number of ether oxygens (including phenoxy) is 2. The van der Waals surface area contributed by atoms with E-state index in [2.05, 4.69) is 15.3 Å². The van der Waals surface area contributed by atoms with Gasteiger partial charge in [-0.1, -0.05) is 6.92 Å². The second-order valence-electron chi connectivity index (χ2n) is 12.2. The van der Waals surface area contributed by atoms with Crippen molar-refractivity contribution < 1.29 is 23.5 Å². The molecule has 0 aromatic carbocycles. The summed E-state index contributed by atoms with van der Waals surface area (Å²) in [6, 6.07) is 5.16. The molecular weight excluding hydrogens is 529 g/mol. The highest BCUT2D eigenvalue weighted by Gasteiger charge is 2.41. The number of nitrogens with one attached hydrogen (secondary N) is 1. The van der Waals surface area contributed by atoms with Gasteiger partial charge in [0.15, 0.2) is 0 Å². The predicted molar refractivity (Wildman–Crippen MR) is 150 cm³/mol. The van der Waals surface area contributed by atoms with E-state index < -0.39 is 17.3 Å². The first-order valence-electron chi connectivity index (χ1n) is 13.7. The second-order valence-corrected chi connectivity index (χ2v) is 12.2. The molecule has 11 nitrogen and oxygen atoms in total. The van der Waals surface area contributed by atoms with E-state index in [9.17, 15) is 14.0 Å². The molecule has 3 aliphatic heterocycles. The standard InChI is InChI=1S/C29H34FN7O4/c1-15-24-18(26(38)41-29(15,4)5)6-7-22(35-24)34-23-8-19-20(9-32-23)25(33-10-21(19)28(2,3)31)40-17-13-37(14-17)27(39)36-11-16(30)12-36/h6-10,15-17H,11-14,31H2,1-5H3,(H,32,34,35)/t15-/m1/s1. The molecule has 0 bridgehead atoms. The molecular formula is C29H34FN7O4. The van der Waals surface area contributed by atoms with Crippen LogP contribution < -0.4 is 15.8 Å². The number of alkyl halides is 1. The summed E-state index contributed by atoms with van der Waals surface area (Å²) in [5.41, 5.74) is 7.08. The van der Waals surface area contributed by atoms with E-state index in [1.165, 1.54) is 4.90 Å². The Morgan fingerprint density at radius 2 is 1.83 bits per heavy atom. The zero-order valence-corrected chi connectivity index (χ0v) is 23.8. The number of nitrogens with zero attached hydrogens (tertiary/aromatic N) is 5. The molecule has 41 heavy (non-hydrogen) atoms. The molecule has 2 fully saturated rings. The van der Waals surface area contributed by atoms with Crippen LogP contribution in [0.1, 0.15) is 62.2 Å². The van der Waals surface area contributed by atoms with Crippen molar-refractivity contribution in [1.82, 2.24) is 24.8 Å². The van der Waals surface area contributed by atoms with Crippen molar-refractivity contribution in [3.05, 3.63) is 47.4 Å². The van der Waals surface area contributed by atoms with Gasteiger partial charge in [-0.05, 0) is 56.8 Å². The van der Waals surface area contributed by atoms with Crippen LogP contribution in [0.4, 0.5) is 20.8 Å². The largest absolute Gasteiger partial charge is 0.470 e. The van der Waals surface area contributed by atoms with E-state index >= 15 is 0 Å². The van der Waals surface area contributed by atoms with Crippen LogP contribution in [-0.4, -0.2) is 80.8 Å². The lowest BCUT2D eigenvalue weighted by atomic mass is 9.84. The zero-order chi connectivity index (χ0) is 29.3. The minimum atomic E-state index is -0.933. The average molecular weight is 564 g/mol. The molecule has 0 aliphatic carbocycles. The summed E-state index contributed by atoms with van der Waals surface area (Å²) in [5, 5.41) is 4.77. The van der Waals surface area contributed by atoms with Crippen LogP contribution >= 0.6 is 0 Å². The highest BCUT2D eigenvalue weighted by molar-refractivity contribution is 5.93. The number of cyclic esters (lactones) is 1. The Labute approximate surface area is 237 Å². The number of amides is 2. The molecule has 6 rings (SSSR count). The first kappa shape index (κ1) is 27.1. The number of aromatic nitrogens is 3. The number of halogens is 1. The molecule has 3 N–H and O–H groups in total. The Bertz CT molecular complexity index is 1540. The lowest BCUT2D eigenvalue weighted by molar-refractivity contribution is -0.0189. The number of rotatable bonds is 5. The van der Waals surface area contributed by atoms with Crippen LogP contribution in [0.15, 0.2) is 30.6 Å². The Morgan fingerprint density at radius 3 is 2.51 bits per heavy atom. The van der Waals surface area contributed by atoms with E-state index in [1.807, 2.05) is 40.7 Å². The van der Waals surface area contributed by atoms with Crippen molar-refractivity contribution in [2.24, 2.45) is 5.73 Å². The molecule has 0 unspecified atom stereocenters. The zero-order valence-electron chi connectivity index (χ0n) is 23.8. The number of fused-ring (bicyclic) bond motifs is 2. The lowest BCUT2D eigenvalue weighted by Crippen LogP contribution is -2.63. The normalized spacial score (nSPS) is 20.7. The van der Waals surface area contributed by atoms with Crippen molar-refractivity contribution in [2.45, 2.75) is 64.0 Å². The van der Waals surface area contributed by atoms with Gasteiger partial charge in [-0.3, -0.25) is 0 Å². The molecule has 12 heteroatoms. The maximum Gasteiger partial charge on any atom is 0.340 e. The van der Waals surface area contributed by atoms with E-state index in [0.29, 0.717) is 47.2 Å². The number of carbonyl (C=O) groups excluding carboxylic acids is 2. The third kappa shape index (κ3) is 4.90. The number of esters is 1. The van der Waals surface area contributed by atoms with Gasteiger partial charge in [0.2, 0.25) is 5.88 Å². The topological polar surface area (TPSA) is 136 Å². The predicted octanol–water partition coefficient (Wildman–Crippen LogP) is 3.85. The first-order chi connectivity index (χ1) is 19.3. The molecule has 0 saturated carbocycles. The number of urea groups is 1. The number of hydrogen-bond donors (Lipinski definition) is 2. The third-order valence-corrected chi connectivity index (χ3v) is 8.14. The summed E-state index contributed by atoms with van der Waals surface area (Å²) in [5.74, 6) is 1.01. The summed E-state index contributed by atoms with van der Waals surface area (Å²) in [6.45, 7) is 10.6. The quantitative estimate of drug-likeness (QED) is 0.444. The van der Waals surface area contributed by atoms with Crippen molar-refractivity contribution in [2.75, 3.05) is 31.5 Å². The minimum absolute atomic E-state index is 0.0961. The van der Waals surface area contributed by atoms with Crippen LogP contribution in [-0.2, 0) is 10.3 Å². The molecule has 2 saturated heterocycles. The number of anilines is 2. The molecule has 0 radical (unpaired) electrons. The number of carbonyl (C=O) groups is 2. The van der Waals surface area contributed by atoms with E-state index in [1.54, 1.807) is 29.4 Å². The SMILES string of the molecule is C[C@@H]1c2nc(Nc3cc4c(C(C)(C)N)cnc(OC5CN(C(=O)N6CC(F)C6)C5)c4cn3)ccc2C(=O)OC1(C)C. The molecule has 3 aliphatic rings. The molecule has 6 heterocycles. The summed E-state index contributed by atoms with van der Waals surface area (Å²) in [4.78, 5) is 41.9. The van der Waals surface area contributed by atoms with Gasteiger partial charge in [-0.25, -0.2) is 28.9 Å². The van der Waals surface area contributed by atoms with Gasteiger partial charge in [-0.15, -0.1) is 0 Å². The van der Waals surface area contributed by atoms with Crippen LogP contribution in [0.3, 0.4) is 0 Å². The van der Waals surface area contributed by atoms with Gasteiger partial charge < -0.3 is 30.3 Å². The van der Waals surface area contributed by atoms with Gasteiger partial charge in [0.05, 0.1) is 42.8 Å². The van der Waals surface area contributed by atoms with Gasteiger partial charge in [0, 0.05) is 23.9 Å². The smallest absolute Gasteiger partial charge is 0.340 e. The number of likely N-dealkylation sites (tertiary alicyclic amines) is 2. The molecule has 2 amide bonds. The first-order valence-corrected chi connectivity index (χ1v) is 13.7.